The lowest BCUT2D eigenvalue weighted by Gasteiger charge is -2.35. The van der Waals surface area contributed by atoms with Gasteiger partial charge in [0, 0.05) is 32.2 Å². The molecule has 28 heavy (non-hydrogen) atoms. The van der Waals surface area contributed by atoms with Crippen LogP contribution in [0.15, 0.2) is 41.3 Å². The minimum absolute atomic E-state index is 0.0929. The Morgan fingerprint density at radius 3 is 2.32 bits per heavy atom. The Hall–Kier alpha value is -2.96. The molecule has 0 radical (unpaired) electrons. The summed E-state index contributed by atoms with van der Waals surface area (Å²) in [6.45, 7) is 4.71. The van der Waals surface area contributed by atoms with Crippen LogP contribution in [0.5, 0.6) is 0 Å². The third-order valence-electron chi connectivity index (χ3n) is 4.83. The third kappa shape index (κ3) is 3.69. The van der Waals surface area contributed by atoms with E-state index in [1.54, 1.807) is 24.0 Å². The monoisotopic (exact) mass is 400 g/mol. The molecule has 1 aliphatic heterocycles. The largest absolute Gasteiger partial charge is 0.363 e. The predicted octanol–water partition coefficient (Wildman–Crippen LogP) is 2.59. The number of anilines is 1. The zero-order valence-electron chi connectivity index (χ0n) is 15.6. The lowest BCUT2D eigenvalue weighted by atomic mass is 10.1. The highest BCUT2D eigenvalue weighted by molar-refractivity contribution is 7.89. The van der Waals surface area contributed by atoms with E-state index in [-0.39, 0.29) is 23.7 Å². The average molecular weight is 400 g/mol. The fraction of sp³-hybridized carbons (Fsp3) is 0.316. The van der Waals surface area contributed by atoms with Gasteiger partial charge < -0.3 is 4.90 Å². The van der Waals surface area contributed by atoms with Crippen LogP contribution in [0.1, 0.15) is 16.7 Å². The number of rotatable bonds is 4. The molecular weight excluding hydrogens is 380 g/mol. The summed E-state index contributed by atoms with van der Waals surface area (Å²) in [5, 5.41) is 20.4. The molecule has 0 spiro atoms. The van der Waals surface area contributed by atoms with Gasteiger partial charge in [-0.3, -0.25) is 10.1 Å². The van der Waals surface area contributed by atoms with Crippen LogP contribution in [-0.4, -0.2) is 43.8 Å². The van der Waals surface area contributed by atoms with E-state index in [9.17, 15) is 18.5 Å². The van der Waals surface area contributed by atoms with Crippen molar-refractivity contribution in [1.82, 2.24) is 4.31 Å². The van der Waals surface area contributed by atoms with Crippen LogP contribution in [0.25, 0.3) is 0 Å². The molecule has 1 saturated heterocycles. The van der Waals surface area contributed by atoms with Crippen molar-refractivity contribution in [3.05, 3.63) is 63.2 Å². The number of nitro benzene ring substituents is 1. The van der Waals surface area contributed by atoms with Gasteiger partial charge in [-0.1, -0.05) is 17.7 Å². The molecule has 1 heterocycles. The summed E-state index contributed by atoms with van der Waals surface area (Å²) in [7, 11) is -3.63. The Labute approximate surface area is 163 Å². The van der Waals surface area contributed by atoms with Gasteiger partial charge >= 0.3 is 0 Å². The summed E-state index contributed by atoms with van der Waals surface area (Å²) in [5.74, 6) is 0. The molecule has 0 amide bonds. The molecule has 0 bridgehead atoms. The number of nitro groups is 1. The van der Waals surface area contributed by atoms with Crippen molar-refractivity contribution in [3.63, 3.8) is 0 Å². The zero-order valence-corrected chi connectivity index (χ0v) is 16.4. The van der Waals surface area contributed by atoms with E-state index < -0.39 is 14.9 Å². The number of benzene rings is 2. The highest BCUT2D eigenvalue weighted by Gasteiger charge is 2.31. The molecule has 0 unspecified atom stereocenters. The van der Waals surface area contributed by atoms with Crippen LogP contribution in [-0.2, 0) is 10.0 Å². The van der Waals surface area contributed by atoms with Gasteiger partial charge in [-0.2, -0.15) is 9.57 Å². The molecule has 0 aromatic heterocycles. The van der Waals surface area contributed by atoms with Crippen LogP contribution >= 0.6 is 0 Å². The predicted molar refractivity (Wildman–Crippen MR) is 105 cm³/mol. The Morgan fingerprint density at radius 2 is 1.75 bits per heavy atom. The van der Waals surface area contributed by atoms with Crippen molar-refractivity contribution in [2.24, 2.45) is 0 Å². The van der Waals surface area contributed by atoms with E-state index >= 15 is 0 Å². The Morgan fingerprint density at radius 1 is 1.07 bits per heavy atom. The molecule has 1 aliphatic rings. The second-order valence-electron chi connectivity index (χ2n) is 6.73. The normalized spacial score (nSPS) is 15.2. The molecule has 0 aliphatic carbocycles. The van der Waals surface area contributed by atoms with Crippen molar-refractivity contribution >= 4 is 21.4 Å². The van der Waals surface area contributed by atoms with Crippen LogP contribution < -0.4 is 4.90 Å². The Kier molecular flexibility index (Phi) is 5.36. The SMILES string of the molecule is Cc1ccc(S(=O)(=O)N2CCN(c3cc(C#N)ccc3[N+](=O)[O-])CC2)c(C)c1. The van der Waals surface area contributed by atoms with Gasteiger partial charge in [-0.15, -0.1) is 0 Å². The van der Waals surface area contributed by atoms with E-state index in [1.807, 2.05) is 19.1 Å². The summed E-state index contributed by atoms with van der Waals surface area (Å²) < 4.78 is 27.4. The Bertz CT molecular complexity index is 1070. The lowest BCUT2D eigenvalue weighted by Crippen LogP contribution is -2.49. The van der Waals surface area contributed by atoms with Crippen LogP contribution in [0.2, 0.25) is 0 Å². The average Bonchev–Trinajstić information content (AvgIpc) is 2.67. The zero-order chi connectivity index (χ0) is 20.5. The highest BCUT2D eigenvalue weighted by atomic mass is 32.2. The summed E-state index contributed by atoms with van der Waals surface area (Å²) >= 11 is 0. The van der Waals surface area contributed by atoms with Crippen molar-refractivity contribution in [2.75, 3.05) is 31.1 Å². The molecular formula is C19H20N4O4S. The van der Waals surface area contributed by atoms with Crippen LogP contribution in [0.3, 0.4) is 0 Å². The molecule has 2 aromatic rings. The molecule has 2 aromatic carbocycles. The molecule has 1 fully saturated rings. The highest BCUT2D eigenvalue weighted by Crippen LogP contribution is 2.31. The van der Waals surface area contributed by atoms with Gasteiger partial charge in [-0.25, -0.2) is 8.42 Å². The number of sulfonamides is 1. The third-order valence-corrected chi connectivity index (χ3v) is 6.89. The lowest BCUT2D eigenvalue weighted by molar-refractivity contribution is -0.384. The maximum Gasteiger partial charge on any atom is 0.292 e. The fourth-order valence-electron chi connectivity index (χ4n) is 3.40. The number of nitriles is 1. The maximum absolute atomic E-state index is 13.0. The van der Waals surface area contributed by atoms with Gasteiger partial charge in [0.1, 0.15) is 5.69 Å². The van der Waals surface area contributed by atoms with Crippen LogP contribution in [0.4, 0.5) is 11.4 Å². The Balaban J connectivity index is 1.83. The van der Waals surface area contributed by atoms with Gasteiger partial charge in [0.15, 0.2) is 0 Å². The van der Waals surface area contributed by atoms with Crippen molar-refractivity contribution in [2.45, 2.75) is 18.7 Å². The van der Waals surface area contributed by atoms with E-state index in [1.165, 1.54) is 22.5 Å². The first-order valence-corrected chi connectivity index (χ1v) is 10.2. The summed E-state index contributed by atoms with van der Waals surface area (Å²) in [5.41, 5.74) is 2.26. The molecule has 9 heteroatoms. The number of hydrogen-bond donors (Lipinski definition) is 0. The van der Waals surface area contributed by atoms with Gasteiger partial charge in [-0.05, 0) is 37.6 Å². The van der Waals surface area contributed by atoms with Gasteiger partial charge in [0.05, 0.1) is 21.5 Å². The number of aryl methyl sites for hydroxylation is 2. The number of nitrogens with zero attached hydrogens (tertiary/aromatic N) is 4. The molecule has 3 rings (SSSR count). The standard InChI is InChI=1S/C19H20N4O4S/c1-14-3-6-19(15(2)11-14)28(26,27)22-9-7-21(8-10-22)18-12-16(13-20)4-5-17(18)23(24)25/h3-6,11-12H,7-10H2,1-2H3. The summed E-state index contributed by atoms with van der Waals surface area (Å²) in [6, 6.07) is 11.4. The van der Waals surface area contributed by atoms with Crippen molar-refractivity contribution in [1.29, 1.82) is 5.26 Å². The molecule has 146 valence electrons. The minimum Gasteiger partial charge on any atom is -0.363 e. The van der Waals surface area contributed by atoms with E-state index in [4.69, 9.17) is 5.26 Å². The number of hydrogen-bond acceptors (Lipinski definition) is 6. The second kappa shape index (κ2) is 7.58. The topological polar surface area (TPSA) is 108 Å². The number of piperazine rings is 1. The molecule has 0 atom stereocenters. The fourth-order valence-corrected chi connectivity index (χ4v) is 5.03. The molecule has 0 saturated carbocycles. The van der Waals surface area contributed by atoms with E-state index in [0.717, 1.165) is 5.56 Å². The summed E-state index contributed by atoms with van der Waals surface area (Å²) in [6.07, 6.45) is 0. The first-order valence-electron chi connectivity index (χ1n) is 8.75. The quantitative estimate of drug-likeness (QED) is 0.577. The first kappa shape index (κ1) is 19.8. The van der Waals surface area contributed by atoms with Crippen molar-refractivity contribution in [3.8, 4) is 6.07 Å². The first-order chi connectivity index (χ1) is 13.2. The second-order valence-corrected chi connectivity index (χ2v) is 8.64. The van der Waals surface area contributed by atoms with E-state index in [2.05, 4.69) is 0 Å². The summed E-state index contributed by atoms with van der Waals surface area (Å²) in [4.78, 5) is 12.9. The van der Waals surface area contributed by atoms with E-state index in [0.29, 0.717) is 29.9 Å². The van der Waals surface area contributed by atoms with Gasteiger partial charge in [0.2, 0.25) is 10.0 Å². The van der Waals surface area contributed by atoms with Crippen molar-refractivity contribution < 1.29 is 13.3 Å². The maximum atomic E-state index is 13.0. The molecule has 8 nitrogen and oxygen atoms in total. The van der Waals surface area contributed by atoms with Crippen LogP contribution in [0, 0.1) is 35.3 Å². The minimum atomic E-state index is -3.63. The smallest absolute Gasteiger partial charge is 0.292 e. The molecule has 0 N–H and O–H groups in total. The van der Waals surface area contributed by atoms with Gasteiger partial charge in [0.25, 0.3) is 5.69 Å².